The smallest absolute Gasteiger partial charge is 0.114 e. The Morgan fingerprint density at radius 3 is 2.23 bits per heavy atom. The van der Waals surface area contributed by atoms with Crippen LogP contribution in [0.25, 0.3) is 0 Å². The van der Waals surface area contributed by atoms with Crippen molar-refractivity contribution in [3.63, 3.8) is 0 Å². The highest BCUT2D eigenvalue weighted by molar-refractivity contribution is 4.71. The van der Waals surface area contributed by atoms with Gasteiger partial charge in [0.15, 0.2) is 0 Å². The Morgan fingerprint density at radius 2 is 2.08 bits per heavy atom. The van der Waals surface area contributed by atoms with Gasteiger partial charge in [-0.25, -0.2) is 0 Å². The molecule has 0 bridgehead atoms. The molecule has 0 radical (unpaired) electrons. The summed E-state index contributed by atoms with van der Waals surface area (Å²) in [4.78, 5) is 0. The third kappa shape index (κ3) is 4.60. The average molecular weight is 187 g/mol. The van der Waals surface area contributed by atoms with Gasteiger partial charge in [0.1, 0.15) is 5.72 Å². The van der Waals surface area contributed by atoms with E-state index < -0.39 is 0 Å². The molecule has 1 unspecified atom stereocenters. The number of hydrogen-bond donors (Lipinski definition) is 1. The summed E-state index contributed by atoms with van der Waals surface area (Å²) in [5.74, 6) is 0. The van der Waals surface area contributed by atoms with Crippen molar-refractivity contribution in [3.05, 3.63) is 0 Å². The Bertz CT molecular complexity index is 134. The molecule has 3 heteroatoms. The van der Waals surface area contributed by atoms with Crippen LogP contribution >= 0.6 is 0 Å². The van der Waals surface area contributed by atoms with Crippen LogP contribution in [0, 0.1) is 0 Å². The van der Waals surface area contributed by atoms with Gasteiger partial charge >= 0.3 is 0 Å². The fourth-order valence-corrected chi connectivity index (χ4v) is 1.54. The molecule has 13 heavy (non-hydrogen) atoms. The monoisotopic (exact) mass is 187 g/mol. The summed E-state index contributed by atoms with van der Waals surface area (Å²) < 4.78 is 10.3. The number of hydrogen-bond acceptors (Lipinski definition) is 3. The maximum Gasteiger partial charge on any atom is 0.114 e. The van der Waals surface area contributed by atoms with Crippen molar-refractivity contribution in [2.24, 2.45) is 5.73 Å². The van der Waals surface area contributed by atoms with Crippen LogP contribution in [0.5, 0.6) is 0 Å². The standard InChI is InChI=1S/C5H11NO.C5H10O/c1-5(6)3-2-4-7-5;1-5-3-2-4-6-5/h2-4,6H2,1H3;5H,2-4H2,1H3/t5-;/m0./s1. The summed E-state index contributed by atoms with van der Waals surface area (Å²) in [6.07, 6.45) is 5.20. The number of nitrogens with two attached hydrogens (primary N) is 1. The normalized spacial score (nSPS) is 38.5. The molecule has 2 aliphatic heterocycles. The zero-order valence-corrected chi connectivity index (χ0v) is 8.71. The number of ether oxygens (including phenoxy) is 2. The van der Waals surface area contributed by atoms with Gasteiger partial charge < -0.3 is 15.2 Å². The molecule has 0 aliphatic carbocycles. The van der Waals surface area contributed by atoms with Crippen molar-refractivity contribution in [1.82, 2.24) is 0 Å². The largest absolute Gasteiger partial charge is 0.379 e. The maximum atomic E-state index is 5.56. The second-order valence-electron chi connectivity index (χ2n) is 4.09. The lowest BCUT2D eigenvalue weighted by Crippen LogP contribution is -2.34. The molecular formula is C10H21NO2. The molecular weight excluding hydrogens is 166 g/mol. The molecule has 2 fully saturated rings. The Balaban J connectivity index is 0.000000132. The van der Waals surface area contributed by atoms with Crippen LogP contribution in [0.15, 0.2) is 0 Å². The van der Waals surface area contributed by atoms with Gasteiger partial charge in [-0.3, -0.25) is 0 Å². The third-order valence-electron chi connectivity index (χ3n) is 2.41. The summed E-state index contributed by atoms with van der Waals surface area (Å²) in [5.41, 5.74) is 5.25. The molecule has 78 valence electrons. The summed E-state index contributed by atoms with van der Waals surface area (Å²) >= 11 is 0. The second kappa shape index (κ2) is 4.94. The van der Waals surface area contributed by atoms with Crippen LogP contribution < -0.4 is 5.73 Å². The van der Waals surface area contributed by atoms with E-state index in [9.17, 15) is 0 Å². The zero-order valence-electron chi connectivity index (χ0n) is 8.71. The van der Waals surface area contributed by atoms with E-state index in [0.717, 1.165) is 26.1 Å². The predicted octanol–water partition coefficient (Wildman–Crippen LogP) is 1.66. The lowest BCUT2D eigenvalue weighted by molar-refractivity contribution is 0.0260. The SMILES string of the molecule is CC1CCCO1.C[C@@]1(N)CCCO1. The lowest BCUT2D eigenvalue weighted by atomic mass is 10.2. The van der Waals surface area contributed by atoms with E-state index in [1.807, 2.05) is 6.92 Å². The fraction of sp³-hybridized carbons (Fsp3) is 1.00. The van der Waals surface area contributed by atoms with Crippen LogP contribution in [-0.4, -0.2) is 25.0 Å². The molecule has 2 aliphatic rings. The summed E-state index contributed by atoms with van der Waals surface area (Å²) in [5, 5.41) is 0. The van der Waals surface area contributed by atoms with Crippen molar-refractivity contribution < 1.29 is 9.47 Å². The van der Waals surface area contributed by atoms with Crippen LogP contribution in [0.4, 0.5) is 0 Å². The van der Waals surface area contributed by atoms with E-state index in [4.69, 9.17) is 15.2 Å². The highest BCUT2D eigenvalue weighted by Gasteiger charge is 2.23. The molecule has 0 spiro atoms. The Labute approximate surface area is 80.6 Å². The minimum atomic E-state index is -0.306. The van der Waals surface area contributed by atoms with Crippen molar-refractivity contribution in [1.29, 1.82) is 0 Å². The first-order chi connectivity index (χ1) is 6.10. The van der Waals surface area contributed by atoms with Crippen molar-refractivity contribution in [2.75, 3.05) is 13.2 Å². The molecule has 0 amide bonds. The van der Waals surface area contributed by atoms with Gasteiger partial charge in [0.05, 0.1) is 6.10 Å². The first kappa shape index (κ1) is 11.0. The van der Waals surface area contributed by atoms with Crippen LogP contribution in [0.1, 0.15) is 39.5 Å². The molecule has 2 N–H and O–H groups in total. The van der Waals surface area contributed by atoms with Gasteiger partial charge in [0, 0.05) is 13.2 Å². The average Bonchev–Trinajstić information content (AvgIpc) is 2.62. The van der Waals surface area contributed by atoms with Gasteiger partial charge in [-0.1, -0.05) is 0 Å². The maximum absolute atomic E-state index is 5.56. The quantitative estimate of drug-likeness (QED) is 0.627. The van der Waals surface area contributed by atoms with E-state index in [1.165, 1.54) is 12.8 Å². The first-order valence-corrected chi connectivity index (χ1v) is 5.15. The summed E-state index contributed by atoms with van der Waals surface area (Å²) in [6, 6.07) is 0. The molecule has 0 aromatic carbocycles. The number of rotatable bonds is 0. The van der Waals surface area contributed by atoms with Gasteiger partial charge in [-0.15, -0.1) is 0 Å². The Hall–Kier alpha value is -0.120. The van der Waals surface area contributed by atoms with Crippen molar-refractivity contribution in [3.8, 4) is 0 Å². The van der Waals surface area contributed by atoms with E-state index in [0.29, 0.717) is 6.10 Å². The van der Waals surface area contributed by atoms with E-state index in [2.05, 4.69) is 6.92 Å². The highest BCUT2D eigenvalue weighted by Crippen LogP contribution is 2.17. The van der Waals surface area contributed by atoms with E-state index >= 15 is 0 Å². The molecule has 2 heterocycles. The van der Waals surface area contributed by atoms with E-state index in [1.54, 1.807) is 0 Å². The molecule has 3 nitrogen and oxygen atoms in total. The van der Waals surface area contributed by atoms with E-state index in [-0.39, 0.29) is 5.72 Å². The fourth-order valence-electron chi connectivity index (χ4n) is 1.54. The van der Waals surface area contributed by atoms with Crippen LogP contribution in [0.2, 0.25) is 0 Å². The lowest BCUT2D eigenvalue weighted by Gasteiger charge is -2.14. The summed E-state index contributed by atoms with van der Waals surface area (Å²) in [7, 11) is 0. The molecule has 2 atom stereocenters. The van der Waals surface area contributed by atoms with Gasteiger partial charge in [-0.2, -0.15) is 0 Å². The van der Waals surface area contributed by atoms with Crippen molar-refractivity contribution >= 4 is 0 Å². The highest BCUT2D eigenvalue weighted by atomic mass is 16.5. The Kier molecular flexibility index (Phi) is 4.16. The molecule has 0 aromatic rings. The third-order valence-corrected chi connectivity index (χ3v) is 2.41. The topological polar surface area (TPSA) is 44.5 Å². The second-order valence-corrected chi connectivity index (χ2v) is 4.09. The minimum absolute atomic E-state index is 0.306. The zero-order chi connectivity index (χ0) is 9.73. The van der Waals surface area contributed by atoms with Gasteiger partial charge in [0.2, 0.25) is 0 Å². The van der Waals surface area contributed by atoms with Crippen LogP contribution in [-0.2, 0) is 9.47 Å². The minimum Gasteiger partial charge on any atom is -0.379 e. The molecule has 0 saturated carbocycles. The predicted molar refractivity (Wildman–Crippen MR) is 52.4 cm³/mol. The van der Waals surface area contributed by atoms with Gasteiger partial charge in [0.25, 0.3) is 0 Å². The molecule has 2 saturated heterocycles. The Morgan fingerprint density at radius 1 is 1.31 bits per heavy atom. The molecule has 2 rings (SSSR count). The van der Waals surface area contributed by atoms with Crippen molar-refractivity contribution in [2.45, 2.75) is 51.4 Å². The molecule has 0 aromatic heterocycles. The van der Waals surface area contributed by atoms with Gasteiger partial charge in [-0.05, 0) is 39.5 Å². The summed E-state index contributed by atoms with van der Waals surface area (Å²) in [6.45, 7) is 5.86. The first-order valence-electron chi connectivity index (χ1n) is 5.15. The van der Waals surface area contributed by atoms with Crippen LogP contribution in [0.3, 0.4) is 0 Å².